The maximum absolute atomic E-state index is 13.1. The summed E-state index contributed by atoms with van der Waals surface area (Å²) in [6.45, 7) is 5.18. The molecule has 164 valence electrons. The van der Waals surface area contributed by atoms with Gasteiger partial charge in [-0.3, -0.25) is 9.20 Å². The fourth-order valence-corrected chi connectivity index (χ4v) is 4.41. The van der Waals surface area contributed by atoms with E-state index < -0.39 is 11.7 Å². The van der Waals surface area contributed by atoms with Crippen molar-refractivity contribution in [1.29, 1.82) is 0 Å². The van der Waals surface area contributed by atoms with Crippen LogP contribution in [0.3, 0.4) is 0 Å². The summed E-state index contributed by atoms with van der Waals surface area (Å²) in [5.41, 5.74) is 1.96. The van der Waals surface area contributed by atoms with Gasteiger partial charge >= 0.3 is 6.18 Å². The number of pyridine rings is 1. The Labute approximate surface area is 178 Å². The van der Waals surface area contributed by atoms with Gasteiger partial charge in [-0.25, -0.2) is 0 Å². The first-order chi connectivity index (χ1) is 14.7. The Morgan fingerprint density at radius 1 is 1.19 bits per heavy atom. The standard InChI is InChI=1S/C23H25F3N4O/c1-15-6-3-4-8-19(15)16(2)12-21(31)29-11-5-7-17(13-29)22-28-27-20-10-9-18(14-30(20)22)23(24,25)26/h3-4,6,8-10,14,16-17H,5,7,11-13H2,1-2H3/t16-,17-/m0/s1. The third-order valence-corrected chi connectivity index (χ3v) is 6.10. The molecule has 0 unspecified atom stereocenters. The van der Waals surface area contributed by atoms with Gasteiger partial charge in [0.2, 0.25) is 5.91 Å². The third-order valence-electron chi connectivity index (χ3n) is 6.10. The molecule has 0 radical (unpaired) electrons. The lowest BCUT2D eigenvalue weighted by atomic mass is 9.92. The quantitative estimate of drug-likeness (QED) is 0.588. The van der Waals surface area contributed by atoms with Gasteiger partial charge in [-0.2, -0.15) is 13.2 Å². The highest BCUT2D eigenvalue weighted by Gasteiger charge is 2.33. The molecule has 1 saturated heterocycles. The Bertz CT molecular complexity index is 1090. The van der Waals surface area contributed by atoms with Crippen LogP contribution in [-0.2, 0) is 11.0 Å². The van der Waals surface area contributed by atoms with Crippen molar-refractivity contribution in [3.63, 3.8) is 0 Å². The second kappa shape index (κ2) is 8.32. The van der Waals surface area contributed by atoms with Gasteiger partial charge in [-0.05, 0) is 48.9 Å². The molecule has 1 aliphatic heterocycles. The van der Waals surface area contributed by atoms with E-state index >= 15 is 0 Å². The van der Waals surface area contributed by atoms with Gasteiger partial charge in [-0.1, -0.05) is 31.2 Å². The number of carbonyl (C=O) groups is 1. The molecule has 0 spiro atoms. The number of nitrogens with zero attached hydrogens (tertiary/aromatic N) is 4. The summed E-state index contributed by atoms with van der Waals surface area (Å²) in [5, 5.41) is 8.19. The van der Waals surface area contributed by atoms with Crippen LogP contribution in [0.5, 0.6) is 0 Å². The third kappa shape index (κ3) is 4.43. The van der Waals surface area contributed by atoms with Gasteiger partial charge in [0, 0.05) is 31.6 Å². The highest BCUT2D eigenvalue weighted by Crippen LogP contribution is 2.32. The second-order valence-corrected chi connectivity index (χ2v) is 8.34. The van der Waals surface area contributed by atoms with Gasteiger partial charge in [0.1, 0.15) is 5.82 Å². The maximum Gasteiger partial charge on any atom is 0.417 e. The van der Waals surface area contributed by atoms with E-state index in [1.165, 1.54) is 10.5 Å². The number of halogens is 3. The van der Waals surface area contributed by atoms with E-state index in [4.69, 9.17) is 0 Å². The van der Waals surface area contributed by atoms with E-state index in [9.17, 15) is 18.0 Å². The minimum Gasteiger partial charge on any atom is -0.342 e. The first-order valence-electron chi connectivity index (χ1n) is 10.5. The summed E-state index contributed by atoms with van der Waals surface area (Å²) in [6.07, 6.45) is -1.45. The van der Waals surface area contributed by atoms with E-state index in [1.54, 1.807) is 0 Å². The number of hydrogen-bond acceptors (Lipinski definition) is 3. The molecule has 4 rings (SSSR count). The minimum absolute atomic E-state index is 0.0604. The number of piperidine rings is 1. The molecule has 0 bridgehead atoms. The fraction of sp³-hybridized carbons (Fsp3) is 0.435. The number of likely N-dealkylation sites (tertiary alicyclic amines) is 1. The lowest BCUT2D eigenvalue weighted by Gasteiger charge is -2.33. The molecule has 8 heteroatoms. The number of amides is 1. The molecule has 1 amide bonds. The summed E-state index contributed by atoms with van der Waals surface area (Å²) in [5.74, 6) is 0.484. The van der Waals surface area contributed by atoms with Crippen LogP contribution < -0.4 is 0 Å². The summed E-state index contributed by atoms with van der Waals surface area (Å²) in [4.78, 5) is 14.8. The van der Waals surface area contributed by atoms with Crippen molar-refractivity contribution >= 4 is 11.6 Å². The molecular formula is C23H25F3N4O. The zero-order valence-corrected chi connectivity index (χ0v) is 17.6. The van der Waals surface area contributed by atoms with E-state index in [1.807, 2.05) is 43.0 Å². The van der Waals surface area contributed by atoms with Crippen LogP contribution in [-0.4, -0.2) is 38.5 Å². The van der Waals surface area contributed by atoms with Crippen molar-refractivity contribution in [3.8, 4) is 0 Å². The van der Waals surface area contributed by atoms with Gasteiger partial charge in [0.25, 0.3) is 0 Å². The molecule has 5 nitrogen and oxygen atoms in total. The molecule has 3 aromatic rings. The SMILES string of the molecule is Cc1ccccc1[C@@H](C)CC(=O)N1CCC[C@H](c2nnc3ccc(C(F)(F)F)cn23)C1. The molecule has 1 aliphatic rings. The van der Waals surface area contributed by atoms with Gasteiger partial charge in [0.05, 0.1) is 5.56 Å². The number of carbonyl (C=O) groups excluding carboxylic acids is 1. The molecule has 0 saturated carbocycles. The van der Waals surface area contributed by atoms with Gasteiger partial charge in [0.15, 0.2) is 5.65 Å². The molecular weight excluding hydrogens is 405 g/mol. The lowest BCUT2D eigenvalue weighted by molar-refractivity contribution is -0.137. The van der Waals surface area contributed by atoms with Crippen molar-refractivity contribution in [3.05, 3.63) is 65.1 Å². The molecule has 2 atom stereocenters. The van der Waals surface area contributed by atoms with Crippen LogP contribution in [0, 0.1) is 6.92 Å². The van der Waals surface area contributed by atoms with E-state index in [0.717, 1.165) is 36.2 Å². The first-order valence-corrected chi connectivity index (χ1v) is 10.5. The van der Waals surface area contributed by atoms with Crippen LogP contribution in [0.4, 0.5) is 13.2 Å². The Balaban J connectivity index is 1.51. The van der Waals surface area contributed by atoms with Crippen molar-refractivity contribution in [2.75, 3.05) is 13.1 Å². The van der Waals surface area contributed by atoms with Crippen molar-refractivity contribution in [1.82, 2.24) is 19.5 Å². The first kappa shape index (κ1) is 21.3. The Morgan fingerprint density at radius 3 is 2.71 bits per heavy atom. The molecule has 1 fully saturated rings. The van der Waals surface area contributed by atoms with E-state index in [2.05, 4.69) is 10.2 Å². The van der Waals surface area contributed by atoms with E-state index in [-0.39, 0.29) is 17.7 Å². The van der Waals surface area contributed by atoms with Crippen LogP contribution in [0.25, 0.3) is 5.65 Å². The summed E-state index contributed by atoms with van der Waals surface area (Å²) in [6, 6.07) is 10.4. The number of aryl methyl sites for hydroxylation is 1. The number of alkyl halides is 3. The van der Waals surface area contributed by atoms with E-state index in [0.29, 0.717) is 31.0 Å². The molecule has 0 N–H and O–H groups in total. The summed E-state index contributed by atoms with van der Waals surface area (Å²) in [7, 11) is 0. The molecule has 3 heterocycles. The highest BCUT2D eigenvalue weighted by molar-refractivity contribution is 5.77. The van der Waals surface area contributed by atoms with Crippen LogP contribution in [0.2, 0.25) is 0 Å². The van der Waals surface area contributed by atoms with Gasteiger partial charge < -0.3 is 4.90 Å². The monoisotopic (exact) mass is 430 g/mol. The van der Waals surface area contributed by atoms with Crippen molar-refractivity contribution in [2.45, 2.75) is 51.1 Å². The molecule has 31 heavy (non-hydrogen) atoms. The maximum atomic E-state index is 13.1. The summed E-state index contributed by atoms with van der Waals surface area (Å²) < 4.78 is 40.9. The average molecular weight is 430 g/mol. The predicted octanol–water partition coefficient (Wildman–Crippen LogP) is 4.96. The smallest absolute Gasteiger partial charge is 0.342 e. The highest BCUT2D eigenvalue weighted by atomic mass is 19.4. The van der Waals surface area contributed by atoms with Gasteiger partial charge in [-0.15, -0.1) is 10.2 Å². The van der Waals surface area contributed by atoms with Crippen LogP contribution in [0.1, 0.15) is 60.5 Å². The number of rotatable bonds is 4. The number of aromatic nitrogens is 3. The number of hydrogen-bond donors (Lipinski definition) is 0. The van der Waals surface area contributed by atoms with Crippen LogP contribution in [0.15, 0.2) is 42.6 Å². The predicted molar refractivity (Wildman–Crippen MR) is 111 cm³/mol. The molecule has 1 aromatic carbocycles. The zero-order chi connectivity index (χ0) is 22.2. The normalized spacial score (nSPS) is 18.4. The number of fused-ring (bicyclic) bond motifs is 1. The number of benzene rings is 1. The Morgan fingerprint density at radius 2 is 1.97 bits per heavy atom. The van der Waals surface area contributed by atoms with Crippen LogP contribution >= 0.6 is 0 Å². The fourth-order valence-electron chi connectivity index (χ4n) is 4.41. The summed E-state index contributed by atoms with van der Waals surface area (Å²) >= 11 is 0. The topological polar surface area (TPSA) is 50.5 Å². The zero-order valence-electron chi connectivity index (χ0n) is 17.6. The molecule has 0 aliphatic carbocycles. The Hall–Kier alpha value is -2.90. The average Bonchev–Trinajstić information content (AvgIpc) is 3.17. The largest absolute Gasteiger partial charge is 0.417 e. The second-order valence-electron chi connectivity index (χ2n) is 8.34. The lowest BCUT2D eigenvalue weighted by Crippen LogP contribution is -2.40. The minimum atomic E-state index is -4.43. The van der Waals surface area contributed by atoms with Crippen molar-refractivity contribution < 1.29 is 18.0 Å². The Kier molecular flexibility index (Phi) is 5.73. The molecule has 2 aromatic heterocycles. The van der Waals surface area contributed by atoms with Crippen molar-refractivity contribution in [2.24, 2.45) is 0 Å².